The molecule has 2 aromatic carbocycles. The number of hydrazone groups is 1. The third-order valence-electron chi connectivity index (χ3n) is 2.90. The number of anilines is 1. The van der Waals surface area contributed by atoms with E-state index in [1.54, 1.807) is 24.3 Å². The van der Waals surface area contributed by atoms with Crippen LogP contribution < -0.4 is 5.43 Å². The van der Waals surface area contributed by atoms with Crippen molar-refractivity contribution in [2.24, 2.45) is 5.10 Å². The number of aromatic hydroxyl groups is 1. The summed E-state index contributed by atoms with van der Waals surface area (Å²) < 4.78 is 0. The smallest absolute Gasteiger partial charge is 0.127 e. The topological polar surface area (TPSA) is 44.6 Å². The van der Waals surface area contributed by atoms with Gasteiger partial charge in [-0.05, 0) is 30.2 Å². The molecule has 3 nitrogen and oxygen atoms in total. The zero-order chi connectivity index (χ0) is 16.1. The van der Waals surface area contributed by atoms with Gasteiger partial charge in [0, 0.05) is 10.6 Å². The Kier molecular flexibility index (Phi) is 5.72. The van der Waals surface area contributed by atoms with Crippen molar-refractivity contribution in [3.8, 4) is 5.75 Å². The van der Waals surface area contributed by atoms with Gasteiger partial charge in [0.15, 0.2) is 0 Å². The first kappa shape index (κ1) is 16.7. The van der Waals surface area contributed by atoms with Crippen LogP contribution in [0.4, 0.5) is 5.69 Å². The van der Waals surface area contributed by atoms with Crippen LogP contribution in [0.25, 0.3) is 0 Å². The molecular formula is C16H13Cl3N2O. The number of halogens is 3. The molecule has 114 valence electrons. The van der Waals surface area contributed by atoms with Crippen molar-refractivity contribution in [2.45, 2.75) is 6.42 Å². The molecule has 0 aliphatic heterocycles. The van der Waals surface area contributed by atoms with Gasteiger partial charge in [-0.1, -0.05) is 53.0 Å². The number of nitrogens with one attached hydrogen (secondary N) is 1. The number of allylic oxidation sites excluding steroid dienone is 1. The Hall–Kier alpha value is -1.68. The monoisotopic (exact) mass is 354 g/mol. The van der Waals surface area contributed by atoms with Crippen molar-refractivity contribution in [3.05, 3.63) is 69.2 Å². The maximum Gasteiger partial charge on any atom is 0.127 e. The van der Waals surface area contributed by atoms with Gasteiger partial charge >= 0.3 is 0 Å². The van der Waals surface area contributed by atoms with Crippen LogP contribution in [0.15, 0.2) is 48.1 Å². The van der Waals surface area contributed by atoms with Gasteiger partial charge in [0.05, 0.1) is 21.9 Å². The zero-order valence-corrected chi connectivity index (χ0v) is 13.8. The molecule has 2 N–H and O–H groups in total. The first-order valence-electron chi connectivity index (χ1n) is 6.38. The van der Waals surface area contributed by atoms with E-state index in [1.165, 1.54) is 6.21 Å². The van der Waals surface area contributed by atoms with E-state index in [9.17, 15) is 5.11 Å². The van der Waals surface area contributed by atoms with Gasteiger partial charge in [0.25, 0.3) is 0 Å². The normalized spacial score (nSPS) is 10.9. The van der Waals surface area contributed by atoms with E-state index in [1.807, 2.05) is 12.1 Å². The van der Waals surface area contributed by atoms with Crippen LogP contribution in [0, 0.1) is 0 Å². The van der Waals surface area contributed by atoms with Crippen molar-refractivity contribution in [2.75, 3.05) is 5.43 Å². The minimum absolute atomic E-state index is 0.168. The molecule has 0 unspecified atom stereocenters. The summed E-state index contributed by atoms with van der Waals surface area (Å²) in [5.41, 5.74) is 4.56. The number of hydrogen-bond acceptors (Lipinski definition) is 3. The van der Waals surface area contributed by atoms with Crippen molar-refractivity contribution >= 4 is 46.7 Å². The molecule has 2 rings (SSSR count). The molecule has 0 radical (unpaired) electrons. The molecule has 0 saturated carbocycles. The van der Waals surface area contributed by atoms with E-state index in [0.717, 1.165) is 5.56 Å². The number of hydrogen-bond donors (Lipinski definition) is 2. The van der Waals surface area contributed by atoms with E-state index in [4.69, 9.17) is 34.8 Å². The van der Waals surface area contributed by atoms with Crippen LogP contribution in [0.1, 0.15) is 11.1 Å². The highest BCUT2D eigenvalue weighted by atomic mass is 35.5. The molecule has 0 aliphatic rings. The van der Waals surface area contributed by atoms with Crippen LogP contribution in [0.3, 0.4) is 0 Å². The standard InChI is InChI=1S/C16H13Cl3N2O/c1-2-4-10-5-3-6-11(16(10)22)9-20-21-15-13(18)7-12(17)8-14(15)19/h2-3,5-9,21-22H,1,4H2/b20-9+. The van der Waals surface area contributed by atoms with Crippen LogP contribution in [-0.2, 0) is 6.42 Å². The molecule has 0 spiro atoms. The lowest BCUT2D eigenvalue weighted by Crippen LogP contribution is -1.94. The maximum absolute atomic E-state index is 10.1. The van der Waals surface area contributed by atoms with Gasteiger partial charge in [0.1, 0.15) is 5.75 Å². The van der Waals surface area contributed by atoms with Crippen LogP contribution in [-0.4, -0.2) is 11.3 Å². The first-order valence-corrected chi connectivity index (χ1v) is 7.51. The largest absolute Gasteiger partial charge is 0.507 e. The second-order valence-corrected chi connectivity index (χ2v) is 5.71. The second kappa shape index (κ2) is 7.54. The van der Waals surface area contributed by atoms with Gasteiger partial charge in [-0.2, -0.15) is 5.10 Å². The van der Waals surface area contributed by atoms with Gasteiger partial charge in [0.2, 0.25) is 0 Å². The number of para-hydroxylation sites is 1. The molecule has 0 saturated heterocycles. The van der Waals surface area contributed by atoms with Crippen LogP contribution >= 0.6 is 34.8 Å². The molecule has 0 heterocycles. The van der Waals surface area contributed by atoms with Crippen molar-refractivity contribution in [1.82, 2.24) is 0 Å². The summed E-state index contributed by atoms with van der Waals surface area (Å²) in [6.07, 6.45) is 3.79. The van der Waals surface area contributed by atoms with Crippen LogP contribution in [0.2, 0.25) is 15.1 Å². The van der Waals surface area contributed by atoms with Gasteiger partial charge in [-0.15, -0.1) is 6.58 Å². The Balaban J connectivity index is 2.20. The Morgan fingerprint density at radius 1 is 1.18 bits per heavy atom. The average molecular weight is 356 g/mol. The third-order valence-corrected chi connectivity index (χ3v) is 3.72. The first-order chi connectivity index (χ1) is 10.5. The highest BCUT2D eigenvalue weighted by Gasteiger charge is 2.07. The minimum atomic E-state index is 0.168. The maximum atomic E-state index is 10.1. The number of rotatable bonds is 5. The Bertz CT molecular complexity index is 706. The summed E-state index contributed by atoms with van der Waals surface area (Å²) in [4.78, 5) is 0. The fourth-order valence-electron chi connectivity index (χ4n) is 1.85. The Morgan fingerprint density at radius 3 is 2.50 bits per heavy atom. The average Bonchev–Trinajstić information content (AvgIpc) is 2.45. The summed E-state index contributed by atoms with van der Waals surface area (Å²) in [5, 5.41) is 15.3. The molecule has 0 atom stereocenters. The predicted molar refractivity (Wildman–Crippen MR) is 94.7 cm³/mol. The molecule has 0 amide bonds. The molecule has 0 bridgehead atoms. The van der Waals surface area contributed by atoms with Crippen molar-refractivity contribution in [1.29, 1.82) is 0 Å². The van der Waals surface area contributed by atoms with Gasteiger partial charge in [-0.25, -0.2) is 0 Å². The number of phenols is 1. The Morgan fingerprint density at radius 2 is 1.86 bits per heavy atom. The lowest BCUT2D eigenvalue weighted by Gasteiger charge is -2.07. The summed E-state index contributed by atoms with van der Waals surface area (Å²) in [5.74, 6) is 0.168. The number of nitrogens with zero attached hydrogens (tertiary/aromatic N) is 1. The SMILES string of the molecule is C=CCc1cccc(/C=N/Nc2c(Cl)cc(Cl)cc2Cl)c1O. The van der Waals surface area contributed by atoms with E-state index < -0.39 is 0 Å². The highest BCUT2D eigenvalue weighted by Crippen LogP contribution is 2.33. The number of benzene rings is 2. The van der Waals surface area contributed by atoms with E-state index >= 15 is 0 Å². The van der Waals surface area contributed by atoms with E-state index in [0.29, 0.717) is 32.7 Å². The molecule has 0 aliphatic carbocycles. The lowest BCUT2D eigenvalue weighted by molar-refractivity contribution is 0.469. The molecule has 6 heteroatoms. The van der Waals surface area contributed by atoms with Crippen molar-refractivity contribution < 1.29 is 5.11 Å². The van der Waals surface area contributed by atoms with Crippen molar-refractivity contribution in [3.63, 3.8) is 0 Å². The zero-order valence-electron chi connectivity index (χ0n) is 11.5. The van der Waals surface area contributed by atoms with Crippen LogP contribution in [0.5, 0.6) is 5.75 Å². The summed E-state index contributed by atoms with van der Waals surface area (Å²) >= 11 is 17.9. The Labute approximate surface area is 143 Å². The van der Waals surface area contributed by atoms with E-state index in [-0.39, 0.29) is 5.75 Å². The highest BCUT2D eigenvalue weighted by molar-refractivity contribution is 6.41. The summed E-state index contributed by atoms with van der Waals surface area (Å²) in [6.45, 7) is 3.66. The quantitative estimate of drug-likeness (QED) is 0.421. The van der Waals surface area contributed by atoms with Gasteiger partial charge in [-0.3, -0.25) is 5.43 Å². The molecule has 0 fully saturated rings. The second-order valence-electron chi connectivity index (χ2n) is 4.46. The third kappa shape index (κ3) is 3.95. The molecule has 22 heavy (non-hydrogen) atoms. The van der Waals surface area contributed by atoms with E-state index in [2.05, 4.69) is 17.1 Å². The summed E-state index contributed by atoms with van der Waals surface area (Å²) in [6, 6.07) is 8.54. The number of phenolic OH excluding ortho intramolecular Hbond substituents is 1. The fourth-order valence-corrected chi connectivity index (χ4v) is 2.75. The lowest BCUT2D eigenvalue weighted by atomic mass is 10.1. The predicted octanol–water partition coefficient (Wildman–Crippen LogP) is 5.53. The molecule has 0 aromatic heterocycles. The fraction of sp³-hybridized carbons (Fsp3) is 0.0625. The summed E-state index contributed by atoms with van der Waals surface area (Å²) in [7, 11) is 0. The molecular weight excluding hydrogens is 343 g/mol. The minimum Gasteiger partial charge on any atom is -0.507 e. The molecule has 2 aromatic rings. The van der Waals surface area contributed by atoms with Gasteiger partial charge < -0.3 is 5.11 Å².